The molecule has 1 amide bonds. The first-order valence-corrected chi connectivity index (χ1v) is 7.99. The smallest absolute Gasteiger partial charge is 0.410 e. The summed E-state index contributed by atoms with van der Waals surface area (Å²) < 4.78 is 5.11. The Hall–Kier alpha value is -1.82. The Morgan fingerprint density at radius 2 is 1.82 bits per heavy atom. The lowest BCUT2D eigenvalue weighted by Gasteiger charge is -2.44. The topological polar surface area (TPSA) is 44.8 Å². The maximum Gasteiger partial charge on any atom is 0.410 e. The van der Waals surface area contributed by atoms with Crippen molar-refractivity contribution >= 4 is 29.1 Å². The van der Waals surface area contributed by atoms with Crippen molar-refractivity contribution in [1.82, 2.24) is 9.80 Å². The third-order valence-corrected chi connectivity index (χ3v) is 4.11. The van der Waals surface area contributed by atoms with Crippen LogP contribution in [0.2, 0.25) is 0 Å². The van der Waals surface area contributed by atoms with E-state index in [1.54, 1.807) is 4.90 Å². The van der Waals surface area contributed by atoms with Gasteiger partial charge in [-0.25, -0.2) is 4.79 Å². The summed E-state index contributed by atoms with van der Waals surface area (Å²) in [5, 5.41) is 3.94. The van der Waals surface area contributed by atoms with Gasteiger partial charge in [0.25, 0.3) is 0 Å². The fourth-order valence-electron chi connectivity index (χ4n) is 2.59. The molecule has 1 aliphatic heterocycles. The van der Waals surface area contributed by atoms with Crippen LogP contribution in [0.4, 0.5) is 10.5 Å². The quantitative estimate of drug-likeness (QED) is 0.849. The highest BCUT2D eigenvalue weighted by atomic mass is 32.1. The zero-order valence-electron chi connectivity index (χ0n) is 13.3. The summed E-state index contributed by atoms with van der Waals surface area (Å²) in [7, 11) is 0. The molecule has 0 aromatic heterocycles. The number of thiocarbonyl (C=S) groups is 1. The van der Waals surface area contributed by atoms with E-state index in [0.717, 1.165) is 5.69 Å². The Balaban J connectivity index is 1.99. The molecule has 1 fully saturated rings. The second-order valence-corrected chi connectivity index (χ2v) is 5.88. The molecule has 0 saturated carbocycles. The summed E-state index contributed by atoms with van der Waals surface area (Å²) in [4.78, 5) is 15.9. The molecule has 1 aliphatic rings. The van der Waals surface area contributed by atoms with E-state index < -0.39 is 0 Å². The molecule has 120 valence electrons. The Morgan fingerprint density at radius 1 is 1.23 bits per heavy atom. The van der Waals surface area contributed by atoms with Crippen molar-refractivity contribution in [3.8, 4) is 0 Å². The van der Waals surface area contributed by atoms with Crippen molar-refractivity contribution in [1.29, 1.82) is 0 Å². The Bertz CT molecular complexity index is 523. The Morgan fingerprint density at radius 3 is 2.45 bits per heavy atom. The fraction of sp³-hybridized carbons (Fsp3) is 0.500. The van der Waals surface area contributed by atoms with Crippen LogP contribution in [0.1, 0.15) is 20.8 Å². The predicted molar refractivity (Wildman–Crippen MR) is 92.0 cm³/mol. The summed E-state index contributed by atoms with van der Waals surface area (Å²) in [6.45, 7) is 7.60. The number of ether oxygens (including phenoxy) is 1. The third-order valence-electron chi connectivity index (χ3n) is 3.77. The third kappa shape index (κ3) is 3.88. The van der Waals surface area contributed by atoms with Crippen molar-refractivity contribution < 1.29 is 9.53 Å². The number of carbonyl (C=O) groups is 1. The number of nitrogens with one attached hydrogen (secondary N) is 1. The second kappa shape index (κ2) is 7.45. The van der Waals surface area contributed by atoms with Gasteiger partial charge in [0, 0.05) is 30.9 Å². The fourth-order valence-corrected chi connectivity index (χ4v) is 2.96. The van der Waals surface area contributed by atoms with Crippen LogP contribution in [0.25, 0.3) is 0 Å². The van der Waals surface area contributed by atoms with Crippen molar-refractivity contribution in [3.63, 3.8) is 0 Å². The molecule has 22 heavy (non-hydrogen) atoms. The van der Waals surface area contributed by atoms with Crippen LogP contribution in [-0.4, -0.2) is 52.8 Å². The van der Waals surface area contributed by atoms with Gasteiger partial charge >= 0.3 is 6.09 Å². The first-order valence-electron chi connectivity index (χ1n) is 7.59. The van der Waals surface area contributed by atoms with Crippen molar-refractivity contribution in [2.24, 2.45) is 0 Å². The van der Waals surface area contributed by atoms with Crippen molar-refractivity contribution in [2.75, 3.05) is 25.0 Å². The molecule has 0 spiro atoms. The van der Waals surface area contributed by atoms with E-state index in [2.05, 4.69) is 17.1 Å². The summed E-state index contributed by atoms with van der Waals surface area (Å²) in [5.74, 6) is 0. The first kappa shape index (κ1) is 16.5. The number of nitrogens with zero attached hydrogens (tertiary/aromatic N) is 2. The maximum atomic E-state index is 12.0. The standard InChI is InChI=1S/C16H23N3O2S/c1-4-21-16(20)19-11-12(2)18(10-13(19)3)15(22)17-14-8-6-5-7-9-14/h5-9,12-13H,4,10-11H2,1-3H3,(H,17,22)/t12-,13+/m1/s1. The number of hydrogen-bond donors (Lipinski definition) is 1. The van der Waals surface area contributed by atoms with Crippen LogP contribution in [0.5, 0.6) is 0 Å². The van der Waals surface area contributed by atoms with Gasteiger partial charge in [0.05, 0.1) is 6.61 Å². The van der Waals surface area contributed by atoms with E-state index in [1.807, 2.05) is 44.2 Å². The van der Waals surface area contributed by atoms with Gasteiger partial charge in [0.2, 0.25) is 0 Å². The molecular weight excluding hydrogens is 298 g/mol. The highest BCUT2D eigenvalue weighted by Gasteiger charge is 2.33. The number of para-hydroxylation sites is 1. The molecule has 0 radical (unpaired) electrons. The summed E-state index contributed by atoms with van der Waals surface area (Å²) in [6.07, 6.45) is -0.247. The van der Waals surface area contributed by atoms with E-state index in [0.29, 0.717) is 24.8 Å². The molecule has 5 nitrogen and oxygen atoms in total. The average Bonchev–Trinajstić information content (AvgIpc) is 2.50. The van der Waals surface area contributed by atoms with E-state index in [9.17, 15) is 4.79 Å². The summed E-state index contributed by atoms with van der Waals surface area (Å²) in [6, 6.07) is 10.1. The highest BCUT2D eigenvalue weighted by Crippen LogP contribution is 2.18. The molecule has 0 bridgehead atoms. The van der Waals surface area contributed by atoms with Gasteiger partial charge in [-0.15, -0.1) is 0 Å². The lowest BCUT2D eigenvalue weighted by atomic mass is 10.1. The van der Waals surface area contributed by atoms with Gasteiger partial charge in [-0.1, -0.05) is 18.2 Å². The number of carbonyl (C=O) groups excluding carboxylic acids is 1. The molecule has 2 rings (SSSR count). The largest absolute Gasteiger partial charge is 0.450 e. The molecule has 1 N–H and O–H groups in total. The van der Waals surface area contributed by atoms with Gasteiger partial charge in [-0.3, -0.25) is 0 Å². The van der Waals surface area contributed by atoms with Crippen LogP contribution in [0, 0.1) is 0 Å². The molecule has 6 heteroatoms. The van der Waals surface area contributed by atoms with Gasteiger partial charge in [0.1, 0.15) is 0 Å². The zero-order chi connectivity index (χ0) is 16.1. The number of amides is 1. The number of anilines is 1. The number of benzene rings is 1. The maximum absolute atomic E-state index is 12.0. The van der Waals surface area contributed by atoms with Gasteiger partial charge in [0.15, 0.2) is 5.11 Å². The van der Waals surface area contributed by atoms with Crippen molar-refractivity contribution in [3.05, 3.63) is 30.3 Å². The molecule has 1 heterocycles. The van der Waals surface area contributed by atoms with Gasteiger partial charge in [-0.05, 0) is 45.1 Å². The monoisotopic (exact) mass is 321 g/mol. The van der Waals surface area contributed by atoms with Crippen LogP contribution in [-0.2, 0) is 4.74 Å². The van der Waals surface area contributed by atoms with E-state index in [4.69, 9.17) is 17.0 Å². The Labute approximate surface area is 137 Å². The minimum absolute atomic E-state index is 0.0609. The molecule has 2 atom stereocenters. The van der Waals surface area contributed by atoms with Gasteiger partial charge < -0.3 is 19.9 Å². The minimum Gasteiger partial charge on any atom is -0.450 e. The SMILES string of the molecule is CCOC(=O)N1C[C@@H](C)N(C(=S)Nc2ccccc2)C[C@@H]1C. The molecule has 0 unspecified atom stereocenters. The first-order chi connectivity index (χ1) is 10.5. The molecule has 1 aromatic rings. The normalized spacial score (nSPS) is 21.4. The molecular formula is C16H23N3O2S. The highest BCUT2D eigenvalue weighted by molar-refractivity contribution is 7.80. The number of piperazine rings is 1. The van der Waals surface area contributed by atoms with E-state index in [-0.39, 0.29) is 18.2 Å². The van der Waals surface area contributed by atoms with Crippen LogP contribution in [0.15, 0.2) is 30.3 Å². The van der Waals surface area contributed by atoms with Crippen LogP contribution in [0.3, 0.4) is 0 Å². The summed E-state index contributed by atoms with van der Waals surface area (Å²) in [5.41, 5.74) is 0.972. The predicted octanol–water partition coefficient (Wildman–Crippen LogP) is 2.93. The average molecular weight is 321 g/mol. The molecule has 1 saturated heterocycles. The zero-order valence-corrected chi connectivity index (χ0v) is 14.1. The van der Waals surface area contributed by atoms with E-state index >= 15 is 0 Å². The van der Waals surface area contributed by atoms with Crippen LogP contribution >= 0.6 is 12.2 Å². The van der Waals surface area contributed by atoms with Crippen LogP contribution < -0.4 is 5.32 Å². The van der Waals surface area contributed by atoms with E-state index in [1.165, 1.54) is 0 Å². The molecule has 1 aromatic carbocycles. The number of rotatable bonds is 2. The Kier molecular flexibility index (Phi) is 5.60. The lowest BCUT2D eigenvalue weighted by molar-refractivity contribution is 0.0546. The van der Waals surface area contributed by atoms with Gasteiger partial charge in [-0.2, -0.15) is 0 Å². The lowest BCUT2D eigenvalue weighted by Crippen LogP contribution is -2.60. The number of hydrogen-bond acceptors (Lipinski definition) is 3. The molecule has 0 aliphatic carbocycles. The summed E-state index contributed by atoms with van der Waals surface area (Å²) >= 11 is 5.52. The minimum atomic E-state index is -0.247. The van der Waals surface area contributed by atoms with Crippen molar-refractivity contribution in [2.45, 2.75) is 32.9 Å². The second-order valence-electron chi connectivity index (χ2n) is 5.50.